The predicted molar refractivity (Wildman–Crippen MR) is 95.7 cm³/mol. The minimum atomic E-state index is 0. The fourth-order valence-electron chi connectivity index (χ4n) is 3.32. The van der Waals surface area contributed by atoms with Gasteiger partial charge in [0.15, 0.2) is 11.9 Å². The van der Waals surface area contributed by atoms with Gasteiger partial charge in [0.25, 0.3) is 5.88 Å². The zero-order valence-electron chi connectivity index (χ0n) is 14.1. The minimum Gasteiger partial charge on any atom is -1.00 e. The number of nitrogens with zero attached hydrogens (tertiary/aromatic N) is 3. The molecule has 0 radical (unpaired) electrons. The van der Waals surface area contributed by atoms with Crippen LogP contribution in [0.1, 0.15) is 23.4 Å². The molecule has 0 saturated carbocycles. The van der Waals surface area contributed by atoms with E-state index >= 15 is 0 Å². The van der Waals surface area contributed by atoms with E-state index in [4.69, 9.17) is 10.5 Å². The maximum Gasteiger partial charge on any atom is 0.257 e. The van der Waals surface area contributed by atoms with E-state index in [9.17, 15) is 0 Å². The molecular weight excluding hydrogens is 359 g/mol. The zero-order chi connectivity index (χ0) is 15.8. The van der Waals surface area contributed by atoms with Gasteiger partial charge in [-0.3, -0.25) is 0 Å². The molecular formula is C18H22Cl2N4O. The molecule has 0 amide bonds. The molecule has 1 aliphatic rings. The molecule has 0 fully saturated rings. The van der Waals surface area contributed by atoms with Crippen LogP contribution in [0.3, 0.4) is 0 Å². The Hall–Kier alpha value is -1.98. The van der Waals surface area contributed by atoms with E-state index in [1.807, 2.05) is 29.9 Å². The van der Waals surface area contributed by atoms with E-state index < -0.39 is 0 Å². The molecule has 25 heavy (non-hydrogen) atoms. The predicted octanol–water partition coefficient (Wildman–Crippen LogP) is -0.723. The molecule has 4 rings (SSSR count). The number of ether oxygens (including phenoxy) is 1. The summed E-state index contributed by atoms with van der Waals surface area (Å²) in [6.07, 6.45) is 6.24. The monoisotopic (exact) mass is 380 g/mol. The van der Waals surface area contributed by atoms with Crippen LogP contribution in [0.4, 0.5) is 5.69 Å². The van der Waals surface area contributed by atoms with Crippen LogP contribution >= 0.6 is 12.4 Å². The molecule has 1 aliphatic carbocycles. The molecule has 5 nitrogen and oxygen atoms in total. The molecule has 0 aromatic carbocycles. The van der Waals surface area contributed by atoms with Gasteiger partial charge in [0.05, 0.1) is 18.5 Å². The SMILES string of the molecule is C[n+]1ccccc1CCOc1nn2c3c(ccc2c1N)CCC3.Cl.[Cl-]. The highest BCUT2D eigenvalue weighted by atomic mass is 35.5. The topological polar surface area (TPSA) is 56.4 Å². The Labute approximate surface area is 159 Å². The number of nitrogens with two attached hydrogens (primary N) is 1. The number of anilines is 1. The summed E-state index contributed by atoms with van der Waals surface area (Å²) in [6.45, 7) is 0.564. The number of rotatable bonds is 4. The third-order valence-electron chi connectivity index (χ3n) is 4.61. The first kappa shape index (κ1) is 19.3. The van der Waals surface area contributed by atoms with Crippen molar-refractivity contribution in [1.29, 1.82) is 0 Å². The van der Waals surface area contributed by atoms with Crippen molar-refractivity contribution in [3.8, 4) is 5.88 Å². The van der Waals surface area contributed by atoms with Crippen molar-refractivity contribution in [1.82, 2.24) is 9.61 Å². The van der Waals surface area contributed by atoms with Crippen LogP contribution in [-0.4, -0.2) is 16.2 Å². The van der Waals surface area contributed by atoms with Gasteiger partial charge >= 0.3 is 0 Å². The molecule has 0 atom stereocenters. The van der Waals surface area contributed by atoms with E-state index in [0.717, 1.165) is 24.8 Å². The number of aromatic nitrogens is 3. The second-order valence-electron chi connectivity index (χ2n) is 6.08. The standard InChI is InChI=1S/C18H21N4O.2ClH/c1-21-11-3-2-6-14(21)10-12-23-18-17(19)16-9-8-13-5-4-7-15(13)22(16)20-18;;/h2-3,6,8-9,11H,4-5,7,10,12,19H2,1H3;2*1H/q+1;;/p-1. The van der Waals surface area contributed by atoms with Crippen LogP contribution < -0.4 is 27.4 Å². The second-order valence-corrected chi connectivity index (χ2v) is 6.08. The third-order valence-corrected chi connectivity index (χ3v) is 4.61. The average Bonchev–Trinajstić information content (AvgIpc) is 3.14. The fraction of sp³-hybridized carbons (Fsp3) is 0.333. The Balaban J connectivity index is 0.00000113. The number of pyridine rings is 2. The largest absolute Gasteiger partial charge is 1.00 e. The van der Waals surface area contributed by atoms with Crippen LogP contribution in [0.25, 0.3) is 5.52 Å². The van der Waals surface area contributed by atoms with Crippen LogP contribution in [0.2, 0.25) is 0 Å². The van der Waals surface area contributed by atoms with Crippen molar-refractivity contribution >= 4 is 23.6 Å². The van der Waals surface area contributed by atoms with Gasteiger partial charge in [0, 0.05) is 17.8 Å². The molecule has 0 bridgehead atoms. The summed E-state index contributed by atoms with van der Waals surface area (Å²) in [5, 5.41) is 4.60. The number of halogens is 2. The number of aryl methyl sites for hydroxylation is 3. The first-order valence-electron chi connectivity index (χ1n) is 8.09. The molecule has 134 valence electrons. The van der Waals surface area contributed by atoms with Crippen molar-refractivity contribution in [2.45, 2.75) is 25.7 Å². The summed E-state index contributed by atoms with van der Waals surface area (Å²) in [4.78, 5) is 0. The molecule has 0 spiro atoms. The van der Waals surface area contributed by atoms with Gasteiger partial charge in [-0.2, -0.15) is 0 Å². The lowest BCUT2D eigenvalue weighted by Crippen LogP contribution is -3.00. The maximum atomic E-state index is 6.23. The van der Waals surface area contributed by atoms with Gasteiger partial charge in [0.2, 0.25) is 0 Å². The van der Waals surface area contributed by atoms with Gasteiger partial charge in [-0.1, -0.05) is 12.1 Å². The number of nitrogen functional groups attached to an aromatic ring is 1. The van der Waals surface area contributed by atoms with Gasteiger partial charge in [-0.05, 0) is 30.9 Å². The lowest BCUT2D eigenvalue weighted by atomic mass is 10.2. The van der Waals surface area contributed by atoms with Gasteiger partial charge in [0.1, 0.15) is 12.7 Å². The summed E-state index contributed by atoms with van der Waals surface area (Å²) in [6, 6.07) is 10.4. The maximum absolute atomic E-state index is 6.23. The molecule has 0 aliphatic heterocycles. The van der Waals surface area contributed by atoms with Crippen LogP contribution in [0, 0.1) is 0 Å². The van der Waals surface area contributed by atoms with Crippen molar-refractivity contribution in [2.75, 3.05) is 12.3 Å². The lowest BCUT2D eigenvalue weighted by Gasteiger charge is -2.02. The van der Waals surface area contributed by atoms with Gasteiger partial charge < -0.3 is 22.9 Å². The normalized spacial score (nSPS) is 12.4. The quantitative estimate of drug-likeness (QED) is 0.607. The first-order valence-corrected chi connectivity index (χ1v) is 8.09. The van der Waals surface area contributed by atoms with Crippen LogP contribution in [0.5, 0.6) is 5.88 Å². The minimum absolute atomic E-state index is 0. The summed E-state index contributed by atoms with van der Waals surface area (Å²) >= 11 is 0. The van der Waals surface area contributed by atoms with E-state index in [-0.39, 0.29) is 24.8 Å². The van der Waals surface area contributed by atoms with E-state index in [0.29, 0.717) is 18.2 Å². The van der Waals surface area contributed by atoms with Crippen molar-refractivity contribution in [2.24, 2.45) is 7.05 Å². The van der Waals surface area contributed by atoms with Crippen LogP contribution in [0.15, 0.2) is 36.5 Å². The van der Waals surface area contributed by atoms with E-state index in [1.165, 1.54) is 23.4 Å². The summed E-state index contributed by atoms with van der Waals surface area (Å²) in [5.41, 5.74) is 11.7. The fourth-order valence-corrected chi connectivity index (χ4v) is 3.32. The zero-order valence-corrected chi connectivity index (χ0v) is 15.7. The lowest BCUT2D eigenvalue weighted by molar-refractivity contribution is -0.679. The van der Waals surface area contributed by atoms with Gasteiger partial charge in [-0.25, -0.2) is 9.08 Å². The summed E-state index contributed by atoms with van der Waals surface area (Å²) < 4.78 is 9.94. The Bertz CT molecular complexity index is 879. The average molecular weight is 381 g/mol. The second kappa shape index (κ2) is 7.93. The molecule has 0 saturated heterocycles. The highest BCUT2D eigenvalue weighted by Gasteiger charge is 2.19. The molecule has 3 aromatic heterocycles. The Kier molecular flexibility index (Phi) is 6.14. The molecule has 0 unspecified atom stereocenters. The highest BCUT2D eigenvalue weighted by molar-refractivity contribution is 5.85. The Morgan fingerprint density at radius 2 is 2.08 bits per heavy atom. The van der Waals surface area contributed by atoms with Crippen molar-refractivity contribution < 1.29 is 21.7 Å². The molecule has 7 heteroatoms. The van der Waals surface area contributed by atoms with Crippen molar-refractivity contribution in [3.05, 3.63) is 53.5 Å². The third kappa shape index (κ3) is 3.53. The number of hydrogen-bond donors (Lipinski definition) is 1. The number of hydrogen-bond acceptors (Lipinski definition) is 3. The van der Waals surface area contributed by atoms with Crippen molar-refractivity contribution in [3.63, 3.8) is 0 Å². The van der Waals surface area contributed by atoms with E-state index in [1.54, 1.807) is 0 Å². The Morgan fingerprint density at radius 3 is 2.88 bits per heavy atom. The summed E-state index contributed by atoms with van der Waals surface area (Å²) in [7, 11) is 2.04. The first-order chi connectivity index (χ1) is 11.2. The number of fused-ring (bicyclic) bond motifs is 3. The highest BCUT2D eigenvalue weighted by Crippen LogP contribution is 2.30. The Morgan fingerprint density at radius 1 is 1.24 bits per heavy atom. The smallest absolute Gasteiger partial charge is 0.257 e. The molecule has 2 N–H and O–H groups in total. The molecule has 3 heterocycles. The van der Waals surface area contributed by atoms with Crippen LogP contribution in [-0.2, 0) is 26.3 Å². The van der Waals surface area contributed by atoms with Gasteiger partial charge in [-0.15, -0.1) is 17.5 Å². The molecule has 3 aromatic rings. The van der Waals surface area contributed by atoms with E-state index in [2.05, 4.69) is 27.9 Å². The summed E-state index contributed by atoms with van der Waals surface area (Å²) in [5.74, 6) is 0.545.